The number of ether oxygens (including phenoxy) is 2. The van der Waals surface area contributed by atoms with Gasteiger partial charge in [0, 0.05) is 24.7 Å². The van der Waals surface area contributed by atoms with Crippen LogP contribution in [-0.2, 0) is 24.3 Å². The van der Waals surface area contributed by atoms with E-state index in [9.17, 15) is 18.0 Å². The van der Waals surface area contributed by atoms with Crippen LogP contribution in [0, 0.1) is 5.92 Å². The van der Waals surface area contributed by atoms with Crippen LogP contribution < -0.4 is 0 Å². The standard InChI is InChI=1S/C23H32N2O6S/c1-15-13-24(14-16(2)31-15)32(28,29)19-9-6-8-18(11-19)22(26)25-20-10-5-4-7-17(20)12-21(25)23(27)30-3/h6,8-9,11,15-17,20-21H,4-5,7,10,12-14H2,1-3H3. The molecule has 2 aliphatic heterocycles. The van der Waals surface area contributed by atoms with Gasteiger partial charge in [-0.05, 0) is 57.2 Å². The van der Waals surface area contributed by atoms with Gasteiger partial charge in [0.05, 0.1) is 24.2 Å². The molecule has 8 nitrogen and oxygen atoms in total. The van der Waals surface area contributed by atoms with Gasteiger partial charge in [0.25, 0.3) is 5.91 Å². The van der Waals surface area contributed by atoms with Crippen LogP contribution in [0.3, 0.4) is 0 Å². The second kappa shape index (κ2) is 9.11. The van der Waals surface area contributed by atoms with Gasteiger partial charge < -0.3 is 14.4 Å². The average Bonchev–Trinajstić information content (AvgIpc) is 3.17. The van der Waals surface area contributed by atoms with Gasteiger partial charge in [-0.15, -0.1) is 0 Å². The number of methoxy groups -OCH3 is 1. The minimum Gasteiger partial charge on any atom is -0.467 e. The van der Waals surface area contributed by atoms with E-state index < -0.39 is 22.0 Å². The zero-order chi connectivity index (χ0) is 23.0. The molecule has 32 heavy (non-hydrogen) atoms. The van der Waals surface area contributed by atoms with E-state index in [1.807, 2.05) is 13.8 Å². The number of esters is 1. The van der Waals surface area contributed by atoms with Gasteiger partial charge in [-0.1, -0.05) is 18.9 Å². The minimum atomic E-state index is -3.77. The van der Waals surface area contributed by atoms with Crippen molar-refractivity contribution < 1.29 is 27.5 Å². The Morgan fingerprint density at radius 1 is 1.09 bits per heavy atom. The van der Waals surface area contributed by atoms with Crippen molar-refractivity contribution >= 4 is 21.9 Å². The highest BCUT2D eigenvalue weighted by Gasteiger charge is 2.48. The van der Waals surface area contributed by atoms with Crippen molar-refractivity contribution in [2.45, 2.75) is 75.1 Å². The fourth-order valence-electron chi connectivity index (χ4n) is 5.51. The van der Waals surface area contributed by atoms with Crippen LogP contribution in [0.25, 0.3) is 0 Å². The van der Waals surface area contributed by atoms with Crippen LogP contribution in [0.5, 0.6) is 0 Å². The number of carbonyl (C=O) groups excluding carboxylic acids is 2. The summed E-state index contributed by atoms with van der Waals surface area (Å²) in [7, 11) is -2.44. The number of carbonyl (C=O) groups is 2. The Kier molecular flexibility index (Phi) is 6.61. The molecule has 0 spiro atoms. The Labute approximate surface area is 189 Å². The van der Waals surface area contributed by atoms with Crippen molar-refractivity contribution in [3.8, 4) is 0 Å². The molecular formula is C23H32N2O6S. The molecule has 2 heterocycles. The zero-order valence-electron chi connectivity index (χ0n) is 18.9. The molecule has 5 atom stereocenters. The second-order valence-electron chi connectivity index (χ2n) is 9.21. The van der Waals surface area contributed by atoms with E-state index >= 15 is 0 Å². The molecule has 0 N–H and O–H groups in total. The second-order valence-corrected chi connectivity index (χ2v) is 11.1. The van der Waals surface area contributed by atoms with Crippen molar-refractivity contribution in [3.05, 3.63) is 29.8 Å². The Morgan fingerprint density at radius 3 is 2.47 bits per heavy atom. The highest BCUT2D eigenvalue weighted by Crippen LogP contribution is 2.41. The molecule has 1 aromatic rings. The van der Waals surface area contributed by atoms with E-state index in [0.29, 0.717) is 6.42 Å². The monoisotopic (exact) mass is 464 g/mol. The lowest BCUT2D eigenvalue weighted by Gasteiger charge is -2.34. The third kappa shape index (κ3) is 4.30. The third-order valence-electron chi connectivity index (χ3n) is 6.90. The lowest BCUT2D eigenvalue weighted by Crippen LogP contribution is -2.48. The predicted octanol–water partition coefficient (Wildman–Crippen LogP) is 2.43. The van der Waals surface area contributed by atoms with Gasteiger partial charge in [-0.25, -0.2) is 13.2 Å². The summed E-state index contributed by atoms with van der Waals surface area (Å²) in [5.74, 6) is -0.441. The number of fused-ring (bicyclic) bond motifs is 1. The molecule has 1 amide bonds. The van der Waals surface area contributed by atoms with Gasteiger partial charge in [-0.3, -0.25) is 4.79 Å². The summed E-state index contributed by atoms with van der Waals surface area (Å²) in [4.78, 5) is 27.8. The molecule has 1 aromatic carbocycles. The number of hydrogen-bond acceptors (Lipinski definition) is 6. The van der Waals surface area contributed by atoms with E-state index in [0.717, 1.165) is 25.7 Å². The Morgan fingerprint density at radius 2 is 1.78 bits per heavy atom. The lowest BCUT2D eigenvalue weighted by atomic mass is 9.84. The van der Waals surface area contributed by atoms with Crippen molar-refractivity contribution in [3.63, 3.8) is 0 Å². The Balaban J connectivity index is 1.63. The summed E-state index contributed by atoms with van der Waals surface area (Å²) in [6, 6.07) is 5.53. The van der Waals surface area contributed by atoms with E-state index in [1.165, 1.54) is 23.5 Å². The Hall–Kier alpha value is -1.97. The maximum atomic E-state index is 13.6. The average molecular weight is 465 g/mol. The van der Waals surface area contributed by atoms with Crippen LogP contribution in [0.15, 0.2) is 29.2 Å². The Bertz CT molecular complexity index is 970. The highest BCUT2D eigenvalue weighted by atomic mass is 32.2. The van der Waals surface area contributed by atoms with Gasteiger partial charge in [-0.2, -0.15) is 4.31 Å². The zero-order valence-corrected chi connectivity index (χ0v) is 19.7. The number of likely N-dealkylation sites (tertiary alicyclic amines) is 1. The summed E-state index contributed by atoms with van der Waals surface area (Å²) in [6.45, 7) is 4.23. The van der Waals surface area contributed by atoms with Crippen molar-refractivity contribution in [1.82, 2.24) is 9.21 Å². The molecule has 0 radical (unpaired) electrons. The highest BCUT2D eigenvalue weighted by molar-refractivity contribution is 7.89. The number of rotatable bonds is 4. The topological polar surface area (TPSA) is 93.2 Å². The fourth-order valence-corrected chi connectivity index (χ4v) is 7.15. The summed E-state index contributed by atoms with van der Waals surface area (Å²) < 4.78 is 38.6. The third-order valence-corrected chi connectivity index (χ3v) is 8.73. The maximum Gasteiger partial charge on any atom is 0.328 e. The first kappa shape index (κ1) is 23.2. The first-order valence-electron chi connectivity index (χ1n) is 11.4. The molecule has 1 aliphatic carbocycles. The summed E-state index contributed by atoms with van der Waals surface area (Å²) in [5.41, 5.74) is 0.278. The normalized spacial score (nSPS) is 31.2. The maximum absolute atomic E-state index is 13.6. The van der Waals surface area contributed by atoms with Crippen LogP contribution in [0.2, 0.25) is 0 Å². The van der Waals surface area contributed by atoms with E-state index in [1.54, 1.807) is 17.0 Å². The van der Waals surface area contributed by atoms with Crippen molar-refractivity contribution in [2.75, 3.05) is 20.2 Å². The molecule has 5 unspecified atom stereocenters. The van der Waals surface area contributed by atoms with Gasteiger partial charge in [0.1, 0.15) is 6.04 Å². The molecule has 0 aromatic heterocycles. The number of amides is 1. The van der Waals surface area contributed by atoms with Gasteiger partial charge in [0.15, 0.2) is 0 Å². The van der Waals surface area contributed by atoms with Crippen LogP contribution in [-0.4, -0.2) is 74.0 Å². The number of benzene rings is 1. The van der Waals surface area contributed by atoms with Crippen LogP contribution >= 0.6 is 0 Å². The molecule has 176 valence electrons. The van der Waals surface area contributed by atoms with Gasteiger partial charge >= 0.3 is 5.97 Å². The number of nitrogens with zero attached hydrogens (tertiary/aromatic N) is 2. The number of hydrogen-bond donors (Lipinski definition) is 0. The largest absolute Gasteiger partial charge is 0.467 e. The van der Waals surface area contributed by atoms with Crippen LogP contribution in [0.4, 0.5) is 0 Å². The molecule has 1 saturated carbocycles. The lowest BCUT2D eigenvalue weighted by molar-refractivity contribution is -0.145. The van der Waals surface area contributed by atoms with Crippen LogP contribution in [0.1, 0.15) is 56.3 Å². The summed E-state index contributed by atoms with van der Waals surface area (Å²) in [6.07, 6.45) is 4.15. The fraction of sp³-hybridized carbons (Fsp3) is 0.652. The summed E-state index contributed by atoms with van der Waals surface area (Å²) >= 11 is 0. The number of sulfonamides is 1. The molecule has 9 heteroatoms. The van der Waals surface area contributed by atoms with Crippen molar-refractivity contribution in [2.24, 2.45) is 5.92 Å². The quantitative estimate of drug-likeness (QED) is 0.636. The van der Waals surface area contributed by atoms with E-state index in [4.69, 9.17) is 9.47 Å². The first-order chi connectivity index (χ1) is 15.2. The van der Waals surface area contributed by atoms with Gasteiger partial charge in [0.2, 0.25) is 10.0 Å². The number of morpholine rings is 1. The molecular weight excluding hydrogens is 432 g/mol. The molecule has 3 fully saturated rings. The molecule has 4 rings (SSSR count). The first-order valence-corrected chi connectivity index (χ1v) is 12.8. The van der Waals surface area contributed by atoms with Crippen molar-refractivity contribution in [1.29, 1.82) is 0 Å². The molecule has 0 bridgehead atoms. The summed E-state index contributed by atoms with van der Waals surface area (Å²) in [5, 5.41) is 0. The molecule has 2 saturated heterocycles. The molecule has 3 aliphatic rings. The minimum absolute atomic E-state index is 0.0124. The predicted molar refractivity (Wildman–Crippen MR) is 118 cm³/mol. The smallest absolute Gasteiger partial charge is 0.328 e. The SMILES string of the molecule is COC(=O)C1CC2CCCCC2N1C(=O)c1cccc(S(=O)(=O)N2CC(C)OC(C)C2)c1. The van der Waals surface area contributed by atoms with E-state index in [2.05, 4.69) is 0 Å². The van der Waals surface area contributed by atoms with E-state index in [-0.39, 0.29) is 53.6 Å².